The first kappa shape index (κ1) is 11.7. The van der Waals surface area contributed by atoms with Crippen LogP contribution in [0.2, 0.25) is 0 Å². The standard InChI is InChI=1S/C7H13NO3.ClH/c1-5-4-11-6(3-8-5)7(9)10-2;/h5-6,8H,3-4H2,1-2H3;1H/t5-,6?;/m0./s1. The van der Waals surface area contributed by atoms with Crippen molar-refractivity contribution in [1.82, 2.24) is 5.32 Å². The molecule has 1 saturated heterocycles. The van der Waals surface area contributed by atoms with Crippen LogP contribution in [-0.4, -0.2) is 38.4 Å². The van der Waals surface area contributed by atoms with Gasteiger partial charge in [-0.15, -0.1) is 12.4 Å². The molecule has 0 aromatic heterocycles. The quantitative estimate of drug-likeness (QED) is 0.597. The first-order valence-electron chi connectivity index (χ1n) is 3.67. The second-order valence-corrected chi connectivity index (χ2v) is 2.65. The Morgan fingerprint density at radius 2 is 2.33 bits per heavy atom. The normalized spacial score (nSPS) is 28.8. The molecule has 5 heteroatoms. The second-order valence-electron chi connectivity index (χ2n) is 2.65. The molecule has 0 amide bonds. The summed E-state index contributed by atoms with van der Waals surface area (Å²) < 4.78 is 9.73. The molecular formula is C7H14ClNO3. The van der Waals surface area contributed by atoms with E-state index in [1.807, 2.05) is 6.92 Å². The van der Waals surface area contributed by atoms with Gasteiger partial charge in [-0.05, 0) is 6.92 Å². The Hall–Kier alpha value is -0.320. The second kappa shape index (κ2) is 5.35. The SMILES string of the molecule is COC(=O)C1CN[C@@H](C)CO1.Cl. The van der Waals surface area contributed by atoms with E-state index in [0.29, 0.717) is 19.2 Å². The van der Waals surface area contributed by atoms with Crippen LogP contribution in [0.5, 0.6) is 0 Å². The number of methoxy groups -OCH3 is 1. The molecule has 1 rings (SSSR count). The fourth-order valence-electron chi connectivity index (χ4n) is 0.969. The van der Waals surface area contributed by atoms with E-state index in [0.717, 1.165) is 0 Å². The lowest BCUT2D eigenvalue weighted by molar-refractivity contribution is -0.156. The monoisotopic (exact) mass is 195 g/mol. The summed E-state index contributed by atoms with van der Waals surface area (Å²) in [6.45, 7) is 3.13. The van der Waals surface area contributed by atoms with Gasteiger partial charge >= 0.3 is 5.97 Å². The lowest BCUT2D eigenvalue weighted by Crippen LogP contribution is -2.48. The van der Waals surface area contributed by atoms with Crippen molar-refractivity contribution in [1.29, 1.82) is 0 Å². The van der Waals surface area contributed by atoms with Crippen molar-refractivity contribution < 1.29 is 14.3 Å². The van der Waals surface area contributed by atoms with Gasteiger partial charge in [0.15, 0.2) is 6.10 Å². The van der Waals surface area contributed by atoms with Crippen LogP contribution in [0.4, 0.5) is 0 Å². The number of hydrogen-bond acceptors (Lipinski definition) is 4. The van der Waals surface area contributed by atoms with Crippen LogP contribution in [0.15, 0.2) is 0 Å². The maximum absolute atomic E-state index is 10.9. The summed E-state index contributed by atoms with van der Waals surface area (Å²) in [5.41, 5.74) is 0. The Kier molecular flexibility index (Phi) is 5.20. The van der Waals surface area contributed by atoms with Crippen molar-refractivity contribution in [2.24, 2.45) is 0 Å². The summed E-state index contributed by atoms with van der Waals surface area (Å²) in [6, 6.07) is 0.330. The Morgan fingerprint density at radius 3 is 2.75 bits per heavy atom. The minimum absolute atomic E-state index is 0. The van der Waals surface area contributed by atoms with E-state index in [2.05, 4.69) is 10.1 Å². The van der Waals surface area contributed by atoms with E-state index in [1.165, 1.54) is 7.11 Å². The molecule has 0 radical (unpaired) electrons. The van der Waals surface area contributed by atoms with Crippen molar-refractivity contribution in [2.45, 2.75) is 19.1 Å². The third kappa shape index (κ3) is 2.97. The first-order valence-corrected chi connectivity index (χ1v) is 3.67. The van der Waals surface area contributed by atoms with Gasteiger partial charge in [0.1, 0.15) is 0 Å². The van der Waals surface area contributed by atoms with Crippen LogP contribution >= 0.6 is 12.4 Å². The lowest BCUT2D eigenvalue weighted by Gasteiger charge is -2.26. The number of ether oxygens (including phenoxy) is 2. The molecular weight excluding hydrogens is 182 g/mol. The first-order chi connectivity index (χ1) is 5.24. The zero-order chi connectivity index (χ0) is 8.27. The predicted molar refractivity (Wildman–Crippen MR) is 46.5 cm³/mol. The van der Waals surface area contributed by atoms with Crippen LogP contribution in [-0.2, 0) is 14.3 Å². The Morgan fingerprint density at radius 1 is 1.67 bits per heavy atom. The minimum atomic E-state index is -0.420. The number of carbonyl (C=O) groups is 1. The molecule has 1 unspecified atom stereocenters. The summed E-state index contributed by atoms with van der Waals surface area (Å²) in [6.07, 6.45) is -0.420. The zero-order valence-corrected chi connectivity index (χ0v) is 8.02. The number of carbonyl (C=O) groups excluding carboxylic acids is 1. The van der Waals surface area contributed by atoms with Crippen LogP contribution < -0.4 is 5.32 Å². The number of morpholine rings is 1. The van der Waals surface area contributed by atoms with Gasteiger partial charge in [-0.3, -0.25) is 0 Å². The van der Waals surface area contributed by atoms with Crippen LogP contribution in [0, 0.1) is 0 Å². The summed E-state index contributed by atoms with van der Waals surface area (Å²) in [4.78, 5) is 10.9. The van der Waals surface area contributed by atoms with E-state index >= 15 is 0 Å². The summed E-state index contributed by atoms with van der Waals surface area (Å²) >= 11 is 0. The van der Waals surface area contributed by atoms with Gasteiger partial charge < -0.3 is 14.8 Å². The minimum Gasteiger partial charge on any atom is -0.467 e. The molecule has 0 bridgehead atoms. The summed E-state index contributed by atoms with van der Waals surface area (Å²) in [7, 11) is 1.36. The molecule has 1 heterocycles. The topological polar surface area (TPSA) is 47.6 Å². The molecule has 0 aromatic rings. The molecule has 2 atom stereocenters. The average molecular weight is 196 g/mol. The van der Waals surface area contributed by atoms with Crippen molar-refractivity contribution in [2.75, 3.05) is 20.3 Å². The van der Waals surface area contributed by atoms with Gasteiger partial charge in [0.2, 0.25) is 0 Å². The van der Waals surface area contributed by atoms with Gasteiger partial charge in [0, 0.05) is 12.6 Å². The number of halogens is 1. The van der Waals surface area contributed by atoms with Gasteiger partial charge in [0.25, 0.3) is 0 Å². The van der Waals surface area contributed by atoms with Crippen molar-refractivity contribution in [3.63, 3.8) is 0 Å². The molecule has 1 fully saturated rings. The van der Waals surface area contributed by atoms with E-state index in [4.69, 9.17) is 4.74 Å². The highest BCUT2D eigenvalue weighted by atomic mass is 35.5. The summed E-state index contributed by atoms with van der Waals surface area (Å²) in [5.74, 6) is -0.301. The smallest absolute Gasteiger partial charge is 0.336 e. The van der Waals surface area contributed by atoms with Crippen molar-refractivity contribution in [3.8, 4) is 0 Å². The van der Waals surface area contributed by atoms with E-state index in [1.54, 1.807) is 0 Å². The summed E-state index contributed by atoms with van der Waals surface area (Å²) in [5, 5.41) is 3.12. The molecule has 0 aromatic carbocycles. The zero-order valence-electron chi connectivity index (χ0n) is 7.20. The highest BCUT2D eigenvalue weighted by Crippen LogP contribution is 2.01. The molecule has 0 spiro atoms. The fourth-order valence-corrected chi connectivity index (χ4v) is 0.969. The predicted octanol–water partition coefficient (Wildman–Crippen LogP) is -0.0419. The van der Waals surface area contributed by atoms with Crippen LogP contribution in [0.25, 0.3) is 0 Å². The van der Waals surface area contributed by atoms with Crippen LogP contribution in [0.3, 0.4) is 0 Å². The maximum atomic E-state index is 10.9. The number of nitrogens with one attached hydrogen (secondary N) is 1. The van der Waals surface area contributed by atoms with E-state index in [-0.39, 0.29) is 18.4 Å². The fraction of sp³-hybridized carbons (Fsp3) is 0.857. The Balaban J connectivity index is 0.00000121. The van der Waals surface area contributed by atoms with Crippen molar-refractivity contribution in [3.05, 3.63) is 0 Å². The molecule has 12 heavy (non-hydrogen) atoms. The molecule has 0 saturated carbocycles. The molecule has 4 nitrogen and oxygen atoms in total. The lowest BCUT2D eigenvalue weighted by atomic mass is 10.2. The third-order valence-corrected chi connectivity index (χ3v) is 1.66. The number of hydrogen-bond donors (Lipinski definition) is 1. The number of rotatable bonds is 1. The largest absolute Gasteiger partial charge is 0.467 e. The molecule has 1 N–H and O–H groups in total. The molecule has 72 valence electrons. The molecule has 1 aliphatic heterocycles. The third-order valence-electron chi connectivity index (χ3n) is 1.66. The van der Waals surface area contributed by atoms with Gasteiger partial charge in [-0.25, -0.2) is 4.79 Å². The number of esters is 1. The van der Waals surface area contributed by atoms with Gasteiger partial charge in [-0.2, -0.15) is 0 Å². The van der Waals surface area contributed by atoms with E-state index < -0.39 is 6.10 Å². The Labute approximate surface area is 78.0 Å². The maximum Gasteiger partial charge on any atom is 0.336 e. The van der Waals surface area contributed by atoms with Gasteiger partial charge in [0.05, 0.1) is 13.7 Å². The Bertz CT molecular complexity index is 146. The molecule has 0 aliphatic carbocycles. The molecule has 1 aliphatic rings. The average Bonchev–Trinajstić information content (AvgIpc) is 2.05. The highest BCUT2D eigenvalue weighted by molar-refractivity contribution is 5.85. The highest BCUT2D eigenvalue weighted by Gasteiger charge is 2.24. The van der Waals surface area contributed by atoms with Gasteiger partial charge in [-0.1, -0.05) is 0 Å². The van der Waals surface area contributed by atoms with E-state index in [9.17, 15) is 4.79 Å². The van der Waals surface area contributed by atoms with Crippen molar-refractivity contribution >= 4 is 18.4 Å². The van der Waals surface area contributed by atoms with Crippen LogP contribution in [0.1, 0.15) is 6.92 Å².